The number of carbonyl (C=O) groups excluding carboxylic acids is 1. The normalized spacial score (nSPS) is 14.8. The number of carbonyl (C=O) groups is 1. The molecule has 1 aromatic rings. The lowest BCUT2D eigenvalue weighted by atomic mass is 10.1. The van der Waals surface area contributed by atoms with E-state index in [1.54, 1.807) is 6.07 Å². The second-order valence-electron chi connectivity index (χ2n) is 4.36. The van der Waals surface area contributed by atoms with Gasteiger partial charge in [0, 0.05) is 24.9 Å². The van der Waals surface area contributed by atoms with E-state index in [-0.39, 0.29) is 18.6 Å². The fraction of sp³-hybridized carbons (Fsp3) is 0.462. The third-order valence-corrected chi connectivity index (χ3v) is 3.00. The van der Waals surface area contributed by atoms with E-state index >= 15 is 0 Å². The van der Waals surface area contributed by atoms with Crippen LogP contribution in [0.3, 0.4) is 0 Å². The fourth-order valence-corrected chi connectivity index (χ4v) is 2.06. The molecule has 1 unspecified atom stereocenters. The average Bonchev–Trinajstić information content (AvgIpc) is 2.85. The monoisotopic (exact) mass is 250 g/mol. The van der Waals surface area contributed by atoms with Crippen LogP contribution >= 0.6 is 0 Å². The van der Waals surface area contributed by atoms with Crippen LogP contribution in [0.1, 0.15) is 15.9 Å². The molecule has 1 atom stereocenters. The topological polar surface area (TPSA) is 70.6 Å². The number of methoxy groups -OCH3 is 1. The number of ether oxygens (including phenoxy) is 1. The van der Waals surface area contributed by atoms with Crippen molar-refractivity contribution in [2.75, 3.05) is 32.2 Å². The van der Waals surface area contributed by atoms with Gasteiger partial charge in [0.25, 0.3) is 5.91 Å². The molecular weight excluding hydrogens is 232 g/mol. The molecule has 1 amide bonds. The summed E-state index contributed by atoms with van der Waals surface area (Å²) in [4.78, 5) is 12.0. The maximum Gasteiger partial charge on any atom is 0.251 e. The highest BCUT2D eigenvalue weighted by Crippen LogP contribution is 2.22. The van der Waals surface area contributed by atoms with Gasteiger partial charge in [-0.3, -0.25) is 4.79 Å². The van der Waals surface area contributed by atoms with Gasteiger partial charge in [0.15, 0.2) is 0 Å². The van der Waals surface area contributed by atoms with Crippen molar-refractivity contribution in [2.45, 2.75) is 12.5 Å². The van der Waals surface area contributed by atoms with Gasteiger partial charge in [0.2, 0.25) is 0 Å². The summed E-state index contributed by atoms with van der Waals surface area (Å²) in [5.41, 5.74) is 2.88. The smallest absolute Gasteiger partial charge is 0.251 e. The first-order chi connectivity index (χ1) is 8.74. The van der Waals surface area contributed by atoms with Crippen molar-refractivity contribution in [2.24, 2.45) is 0 Å². The third-order valence-electron chi connectivity index (χ3n) is 3.00. The van der Waals surface area contributed by atoms with E-state index in [1.807, 2.05) is 12.1 Å². The molecule has 0 spiro atoms. The third kappa shape index (κ3) is 2.80. The van der Waals surface area contributed by atoms with Crippen LogP contribution in [-0.2, 0) is 11.2 Å². The van der Waals surface area contributed by atoms with Gasteiger partial charge in [-0.05, 0) is 30.2 Å². The second-order valence-corrected chi connectivity index (χ2v) is 4.36. The summed E-state index contributed by atoms with van der Waals surface area (Å²) in [7, 11) is 1.54. The largest absolute Gasteiger partial charge is 0.394 e. The molecule has 5 nitrogen and oxygen atoms in total. The molecule has 2 rings (SSSR count). The lowest BCUT2D eigenvalue weighted by molar-refractivity contribution is 0.0839. The minimum atomic E-state index is -0.367. The van der Waals surface area contributed by atoms with Gasteiger partial charge in [0.05, 0.1) is 19.3 Å². The zero-order valence-electron chi connectivity index (χ0n) is 10.4. The van der Waals surface area contributed by atoms with Crippen LogP contribution in [0.15, 0.2) is 18.2 Å². The molecule has 0 saturated heterocycles. The van der Waals surface area contributed by atoms with Gasteiger partial charge in [-0.2, -0.15) is 0 Å². The molecule has 18 heavy (non-hydrogen) atoms. The molecule has 0 saturated carbocycles. The van der Waals surface area contributed by atoms with Crippen LogP contribution < -0.4 is 10.6 Å². The van der Waals surface area contributed by atoms with E-state index < -0.39 is 0 Å². The molecule has 0 aromatic heterocycles. The zero-order chi connectivity index (χ0) is 13.0. The van der Waals surface area contributed by atoms with Gasteiger partial charge in [-0.15, -0.1) is 0 Å². The van der Waals surface area contributed by atoms with Crippen molar-refractivity contribution >= 4 is 11.6 Å². The molecule has 0 bridgehead atoms. The number of aliphatic hydroxyl groups excluding tert-OH is 1. The highest BCUT2D eigenvalue weighted by atomic mass is 16.5. The van der Waals surface area contributed by atoms with Gasteiger partial charge in [-0.1, -0.05) is 0 Å². The number of hydrogen-bond acceptors (Lipinski definition) is 4. The lowest BCUT2D eigenvalue weighted by Gasteiger charge is -2.15. The van der Waals surface area contributed by atoms with Crippen molar-refractivity contribution in [3.8, 4) is 0 Å². The van der Waals surface area contributed by atoms with Crippen LogP contribution in [0.25, 0.3) is 0 Å². The molecule has 1 aromatic carbocycles. The predicted molar refractivity (Wildman–Crippen MR) is 68.9 cm³/mol. The predicted octanol–water partition coefficient (Wildman–Crippen LogP) is 0.392. The maximum atomic E-state index is 12.0. The van der Waals surface area contributed by atoms with Crippen LogP contribution in [0.5, 0.6) is 0 Å². The van der Waals surface area contributed by atoms with Gasteiger partial charge in [-0.25, -0.2) is 0 Å². The van der Waals surface area contributed by atoms with Crippen LogP contribution in [0, 0.1) is 0 Å². The average molecular weight is 250 g/mol. The van der Waals surface area contributed by atoms with Gasteiger partial charge >= 0.3 is 0 Å². The summed E-state index contributed by atoms with van der Waals surface area (Å²) in [6.45, 7) is 1.09. The summed E-state index contributed by atoms with van der Waals surface area (Å²) in [6, 6.07) is 5.23. The lowest BCUT2D eigenvalue weighted by Crippen LogP contribution is -2.40. The molecule has 98 valence electrons. The van der Waals surface area contributed by atoms with E-state index in [0.717, 1.165) is 24.2 Å². The van der Waals surface area contributed by atoms with Crippen molar-refractivity contribution in [3.63, 3.8) is 0 Å². The summed E-state index contributed by atoms with van der Waals surface area (Å²) in [5, 5.41) is 15.1. The minimum Gasteiger partial charge on any atom is -0.394 e. The summed E-state index contributed by atoms with van der Waals surface area (Å²) in [5.74, 6) is -0.180. The number of aliphatic hydroxyl groups is 1. The van der Waals surface area contributed by atoms with E-state index in [9.17, 15) is 4.79 Å². The van der Waals surface area contributed by atoms with Crippen LogP contribution in [-0.4, -0.2) is 43.9 Å². The Morgan fingerprint density at radius 1 is 1.61 bits per heavy atom. The number of nitrogens with one attached hydrogen (secondary N) is 2. The summed E-state index contributed by atoms with van der Waals surface area (Å²) in [6.07, 6.45) is 0.942. The van der Waals surface area contributed by atoms with Gasteiger partial charge < -0.3 is 20.5 Å². The van der Waals surface area contributed by atoms with Crippen molar-refractivity contribution in [1.82, 2.24) is 5.32 Å². The Labute approximate surface area is 106 Å². The number of rotatable bonds is 5. The number of hydrogen-bond donors (Lipinski definition) is 3. The molecule has 0 radical (unpaired) electrons. The van der Waals surface area contributed by atoms with Gasteiger partial charge in [0.1, 0.15) is 0 Å². The molecule has 1 aliphatic heterocycles. The highest BCUT2D eigenvalue weighted by molar-refractivity contribution is 5.95. The minimum absolute atomic E-state index is 0.133. The highest BCUT2D eigenvalue weighted by Gasteiger charge is 2.16. The van der Waals surface area contributed by atoms with E-state index in [0.29, 0.717) is 12.2 Å². The quantitative estimate of drug-likeness (QED) is 0.707. The number of amides is 1. The van der Waals surface area contributed by atoms with E-state index in [2.05, 4.69) is 10.6 Å². The first-order valence-corrected chi connectivity index (χ1v) is 6.02. The fourth-order valence-electron chi connectivity index (χ4n) is 2.06. The molecular formula is C13H18N2O3. The summed E-state index contributed by atoms with van der Waals surface area (Å²) >= 11 is 0. The molecule has 1 aliphatic rings. The Hall–Kier alpha value is -1.59. The van der Waals surface area contributed by atoms with E-state index in [1.165, 1.54) is 7.11 Å². The Kier molecular flexibility index (Phi) is 4.17. The Bertz CT molecular complexity index is 434. The SMILES string of the molecule is COCC(CO)NC(=O)c1ccc2c(c1)CCN2. The van der Waals surface area contributed by atoms with Crippen LogP contribution in [0.4, 0.5) is 5.69 Å². The number of fused-ring (bicyclic) bond motifs is 1. The Morgan fingerprint density at radius 3 is 3.17 bits per heavy atom. The molecule has 0 aliphatic carbocycles. The van der Waals surface area contributed by atoms with Crippen molar-refractivity contribution in [3.05, 3.63) is 29.3 Å². The Morgan fingerprint density at radius 2 is 2.44 bits per heavy atom. The maximum absolute atomic E-state index is 12.0. The molecule has 5 heteroatoms. The van der Waals surface area contributed by atoms with Crippen molar-refractivity contribution in [1.29, 1.82) is 0 Å². The van der Waals surface area contributed by atoms with Crippen LogP contribution in [0.2, 0.25) is 0 Å². The van der Waals surface area contributed by atoms with Crippen molar-refractivity contribution < 1.29 is 14.6 Å². The molecule has 3 N–H and O–H groups in total. The standard InChI is InChI=1S/C13H18N2O3/c1-18-8-11(7-16)15-13(17)10-2-3-12-9(6-10)4-5-14-12/h2-3,6,11,14,16H,4-5,7-8H2,1H3,(H,15,17). The Balaban J connectivity index is 2.04. The molecule has 0 fully saturated rings. The first-order valence-electron chi connectivity index (χ1n) is 6.02. The van der Waals surface area contributed by atoms with E-state index in [4.69, 9.17) is 9.84 Å². The number of anilines is 1. The second kappa shape index (κ2) is 5.84. The first kappa shape index (κ1) is 12.9. The zero-order valence-corrected chi connectivity index (χ0v) is 10.4. The summed E-state index contributed by atoms with van der Waals surface area (Å²) < 4.78 is 4.92. The molecule has 1 heterocycles. The number of benzene rings is 1.